The highest BCUT2D eigenvalue weighted by atomic mass is 16.6. The molecule has 0 aliphatic rings. The van der Waals surface area contributed by atoms with Crippen LogP contribution < -0.4 is 0 Å². The van der Waals surface area contributed by atoms with Gasteiger partial charge in [0.15, 0.2) is 0 Å². The predicted octanol–water partition coefficient (Wildman–Crippen LogP) is 2.16. The molecule has 0 aromatic heterocycles. The molecule has 8 heteroatoms. The number of ether oxygens (including phenoxy) is 1. The van der Waals surface area contributed by atoms with Crippen molar-refractivity contribution in [2.75, 3.05) is 6.61 Å². The van der Waals surface area contributed by atoms with Gasteiger partial charge in [-0.1, -0.05) is 6.58 Å². The Bertz CT molecular complexity index is 549. The van der Waals surface area contributed by atoms with Crippen LogP contribution in [0.25, 0.3) is 0 Å². The van der Waals surface area contributed by atoms with Crippen molar-refractivity contribution in [3.05, 3.63) is 56.1 Å². The van der Waals surface area contributed by atoms with Crippen LogP contribution in [0.5, 0.6) is 0 Å². The molecule has 0 fully saturated rings. The molecular formula is C12H12N2O6. The second-order valence-electron chi connectivity index (χ2n) is 3.96. The van der Waals surface area contributed by atoms with Crippen LogP contribution in [0.2, 0.25) is 0 Å². The minimum Gasteiger partial charge on any atom is -0.462 e. The van der Waals surface area contributed by atoms with Crippen molar-refractivity contribution in [3.8, 4) is 0 Å². The molecule has 0 saturated carbocycles. The second-order valence-corrected chi connectivity index (χ2v) is 3.96. The number of carbonyl (C=O) groups excluding carboxylic acids is 1. The molecule has 106 valence electrons. The van der Waals surface area contributed by atoms with Crippen molar-refractivity contribution in [1.82, 2.24) is 0 Å². The summed E-state index contributed by atoms with van der Waals surface area (Å²) in [6, 6.07) is 3.57. The van der Waals surface area contributed by atoms with Crippen molar-refractivity contribution in [2.24, 2.45) is 0 Å². The monoisotopic (exact) mass is 280 g/mol. The van der Waals surface area contributed by atoms with E-state index in [-0.39, 0.29) is 35.5 Å². The summed E-state index contributed by atoms with van der Waals surface area (Å²) >= 11 is 0. The average molecular weight is 280 g/mol. The largest absolute Gasteiger partial charge is 0.462 e. The van der Waals surface area contributed by atoms with Gasteiger partial charge in [0.05, 0.1) is 16.5 Å². The summed E-state index contributed by atoms with van der Waals surface area (Å²) in [5.74, 6) is -0.647. The third-order valence-electron chi connectivity index (χ3n) is 2.45. The number of nitro benzene ring substituents is 2. The molecule has 1 rings (SSSR count). The van der Waals surface area contributed by atoms with Gasteiger partial charge in [-0.25, -0.2) is 4.79 Å². The van der Waals surface area contributed by atoms with Gasteiger partial charge in [-0.05, 0) is 13.0 Å². The molecule has 0 aliphatic carbocycles. The Morgan fingerprint density at radius 1 is 1.25 bits per heavy atom. The first-order chi connectivity index (χ1) is 9.34. The highest BCUT2D eigenvalue weighted by Crippen LogP contribution is 2.28. The van der Waals surface area contributed by atoms with Gasteiger partial charge in [0.2, 0.25) is 0 Å². The van der Waals surface area contributed by atoms with E-state index in [4.69, 9.17) is 4.74 Å². The first kappa shape index (κ1) is 15.3. The van der Waals surface area contributed by atoms with Gasteiger partial charge in [0, 0.05) is 24.1 Å². The fraction of sp³-hybridized carbons (Fsp3) is 0.250. The molecule has 0 amide bonds. The molecule has 1 aromatic rings. The van der Waals surface area contributed by atoms with E-state index in [1.807, 2.05) is 0 Å². The number of rotatable bonds is 6. The smallest absolute Gasteiger partial charge is 0.333 e. The summed E-state index contributed by atoms with van der Waals surface area (Å²) in [6.45, 7) is 4.64. The topological polar surface area (TPSA) is 113 Å². The van der Waals surface area contributed by atoms with E-state index in [2.05, 4.69) is 6.58 Å². The zero-order chi connectivity index (χ0) is 15.3. The van der Waals surface area contributed by atoms with Gasteiger partial charge < -0.3 is 4.74 Å². The average Bonchev–Trinajstić information content (AvgIpc) is 2.37. The standard InChI is InChI=1S/C12H12N2O6/c1-8(2)12(15)20-7-6-9-10(13(16)17)4-3-5-11(9)14(18)19/h3-5H,1,6-7H2,2H3. The third kappa shape index (κ3) is 3.61. The minimum atomic E-state index is -0.705. The van der Waals surface area contributed by atoms with E-state index >= 15 is 0 Å². The maximum atomic E-state index is 11.2. The summed E-state index contributed by atoms with van der Waals surface area (Å²) in [5, 5.41) is 21.7. The molecule has 0 saturated heterocycles. The van der Waals surface area contributed by atoms with Crippen LogP contribution >= 0.6 is 0 Å². The zero-order valence-corrected chi connectivity index (χ0v) is 10.7. The SMILES string of the molecule is C=C(C)C(=O)OCCc1c([N+](=O)[O-])cccc1[N+](=O)[O-]. The van der Waals surface area contributed by atoms with Crippen LogP contribution in [0.1, 0.15) is 12.5 Å². The van der Waals surface area contributed by atoms with E-state index in [9.17, 15) is 25.0 Å². The molecule has 0 unspecified atom stereocenters. The molecule has 0 heterocycles. The van der Waals surface area contributed by atoms with Gasteiger partial charge in [-0.15, -0.1) is 0 Å². The maximum absolute atomic E-state index is 11.2. The Balaban J connectivity index is 2.97. The second kappa shape index (κ2) is 6.41. The predicted molar refractivity (Wildman–Crippen MR) is 69.2 cm³/mol. The van der Waals surface area contributed by atoms with E-state index < -0.39 is 15.8 Å². The quantitative estimate of drug-likeness (QED) is 0.341. The number of nitrogens with zero attached hydrogens (tertiary/aromatic N) is 2. The fourth-order valence-electron chi connectivity index (χ4n) is 1.53. The Kier molecular flexibility index (Phi) is 4.90. The van der Waals surface area contributed by atoms with Gasteiger partial charge >= 0.3 is 5.97 Å². The molecular weight excluding hydrogens is 268 g/mol. The molecule has 8 nitrogen and oxygen atoms in total. The van der Waals surface area contributed by atoms with Gasteiger partial charge in [-0.2, -0.15) is 0 Å². The summed E-state index contributed by atoms with van der Waals surface area (Å²) < 4.78 is 4.79. The van der Waals surface area contributed by atoms with Gasteiger partial charge in [0.1, 0.15) is 5.56 Å². The first-order valence-corrected chi connectivity index (χ1v) is 5.58. The Morgan fingerprint density at radius 2 is 1.75 bits per heavy atom. The fourth-order valence-corrected chi connectivity index (χ4v) is 1.53. The van der Waals surface area contributed by atoms with Crippen LogP contribution in [-0.2, 0) is 16.0 Å². The molecule has 20 heavy (non-hydrogen) atoms. The number of esters is 1. The minimum absolute atomic E-state index is 0.0722. The summed E-state index contributed by atoms with van der Waals surface area (Å²) in [7, 11) is 0. The zero-order valence-electron chi connectivity index (χ0n) is 10.7. The molecule has 0 atom stereocenters. The lowest BCUT2D eigenvalue weighted by molar-refractivity contribution is -0.395. The van der Waals surface area contributed by atoms with E-state index in [1.165, 1.54) is 25.1 Å². The number of nitro groups is 2. The van der Waals surface area contributed by atoms with Crippen molar-refractivity contribution in [1.29, 1.82) is 0 Å². The van der Waals surface area contributed by atoms with E-state index in [0.29, 0.717) is 0 Å². The van der Waals surface area contributed by atoms with Crippen LogP contribution in [0, 0.1) is 20.2 Å². The number of hydrogen-bond donors (Lipinski definition) is 0. The Labute approximate surface area is 114 Å². The number of carbonyl (C=O) groups is 1. The number of hydrogen-bond acceptors (Lipinski definition) is 6. The molecule has 0 N–H and O–H groups in total. The summed E-state index contributed by atoms with van der Waals surface area (Å²) in [4.78, 5) is 31.5. The Morgan fingerprint density at radius 3 is 2.15 bits per heavy atom. The highest BCUT2D eigenvalue weighted by Gasteiger charge is 2.24. The van der Waals surface area contributed by atoms with Crippen molar-refractivity contribution in [2.45, 2.75) is 13.3 Å². The normalized spacial score (nSPS) is 9.85. The summed E-state index contributed by atoms with van der Waals surface area (Å²) in [6.07, 6.45) is -0.119. The first-order valence-electron chi connectivity index (χ1n) is 5.58. The highest BCUT2D eigenvalue weighted by molar-refractivity contribution is 5.86. The van der Waals surface area contributed by atoms with Crippen molar-refractivity contribution < 1.29 is 19.4 Å². The van der Waals surface area contributed by atoms with Crippen LogP contribution in [0.4, 0.5) is 11.4 Å². The lowest BCUT2D eigenvalue weighted by Crippen LogP contribution is -2.10. The maximum Gasteiger partial charge on any atom is 0.333 e. The molecule has 0 radical (unpaired) electrons. The lowest BCUT2D eigenvalue weighted by Gasteiger charge is -2.06. The molecule has 0 aliphatic heterocycles. The summed E-state index contributed by atoms with van der Waals surface area (Å²) in [5.41, 5.74) is -0.629. The van der Waals surface area contributed by atoms with Crippen molar-refractivity contribution >= 4 is 17.3 Å². The van der Waals surface area contributed by atoms with Gasteiger partial charge in [-0.3, -0.25) is 20.2 Å². The van der Waals surface area contributed by atoms with Gasteiger partial charge in [0.25, 0.3) is 11.4 Å². The van der Waals surface area contributed by atoms with E-state index in [1.54, 1.807) is 0 Å². The molecule has 0 bridgehead atoms. The van der Waals surface area contributed by atoms with Crippen molar-refractivity contribution in [3.63, 3.8) is 0 Å². The van der Waals surface area contributed by atoms with E-state index in [0.717, 1.165) is 0 Å². The Hall–Kier alpha value is -2.77. The third-order valence-corrected chi connectivity index (χ3v) is 2.45. The van der Waals surface area contributed by atoms with Crippen LogP contribution in [0.15, 0.2) is 30.4 Å². The lowest BCUT2D eigenvalue weighted by atomic mass is 10.1. The molecule has 1 aromatic carbocycles. The molecule has 0 spiro atoms. The van der Waals surface area contributed by atoms with Crippen LogP contribution in [0.3, 0.4) is 0 Å². The number of benzene rings is 1. The van der Waals surface area contributed by atoms with Crippen LogP contribution in [-0.4, -0.2) is 22.4 Å².